The van der Waals surface area contributed by atoms with Crippen LogP contribution in [0.4, 0.5) is 0 Å². The van der Waals surface area contributed by atoms with Crippen molar-refractivity contribution in [2.75, 3.05) is 18.8 Å². The van der Waals surface area contributed by atoms with Gasteiger partial charge in [-0.3, -0.25) is 9.59 Å². The Morgan fingerprint density at radius 1 is 1.31 bits per heavy atom. The molecule has 4 nitrogen and oxygen atoms in total. The molecule has 5 heteroatoms. The van der Waals surface area contributed by atoms with Gasteiger partial charge in [-0.1, -0.05) is 20.8 Å². The summed E-state index contributed by atoms with van der Waals surface area (Å²) in [5, 5.41) is 9.20. The normalized spacial score (nSPS) is 12.6. The standard InChI is InChI=1S/C11H21NO3S/c1-5-12(6-9(4)11(14)15)10(13)7-16-8(2)3/h8-9H,5-7H2,1-4H3,(H,14,15). The van der Waals surface area contributed by atoms with Crippen molar-refractivity contribution in [3.63, 3.8) is 0 Å². The molecule has 0 heterocycles. The van der Waals surface area contributed by atoms with Crippen molar-refractivity contribution in [3.05, 3.63) is 0 Å². The third kappa shape index (κ3) is 6.00. The molecule has 0 saturated carbocycles. The quantitative estimate of drug-likeness (QED) is 0.744. The number of thioether (sulfide) groups is 1. The molecule has 0 aliphatic heterocycles. The van der Waals surface area contributed by atoms with Gasteiger partial charge in [0.2, 0.25) is 5.91 Å². The van der Waals surface area contributed by atoms with E-state index in [0.717, 1.165) is 0 Å². The summed E-state index contributed by atoms with van der Waals surface area (Å²) in [7, 11) is 0. The van der Waals surface area contributed by atoms with E-state index < -0.39 is 11.9 Å². The molecule has 1 atom stereocenters. The fourth-order valence-corrected chi connectivity index (χ4v) is 1.80. The Kier molecular flexibility index (Phi) is 7.21. The monoisotopic (exact) mass is 247 g/mol. The van der Waals surface area contributed by atoms with Crippen LogP contribution in [0.25, 0.3) is 0 Å². The average molecular weight is 247 g/mol. The van der Waals surface area contributed by atoms with Crippen molar-refractivity contribution in [1.29, 1.82) is 0 Å². The summed E-state index contributed by atoms with van der Waals surface area (Å²) < 4.78 is 0. The van der Waals surface area contributed by atoms with Gasteiger partial charge in [0, 0.05) is 13.1 Å². The van der Waals surface area contributed by atoms with E-state index in [1.54, 1.807) is 23.6 Å². The van der Waals surface area contributed by atoms with Crippen molar-refractivity contribution in [2.45, 2.75) is 32.9 Å². The number of rotatable bonds is 7. The number of carbonyl (C=O) groups excluding carboxylic acids is 1. The third-order valence-corrected chi connectivity index (χ3v) is 3.27. The lowest BCUT2D eigenvalue weighted by atomic mass is 10.2. The highest BCUT2D eigenvalue weighted by atomic mass is 32.2. The predicted octanol–water partition coefficient (Wildman–Crippen LogP) is 1.70. The molecule has 0 aromatic heterocycles. The van der Waals surface area contributed by atoms with Crippen LogP contribution in [0.1, 0.15) is 27.7 Å². The van der Waals surface area contributed by atoms with Crippen molar-refractivity contribution in [2.24, 2.45) is 5.92 Å². The molecule has 0 saturated heterocycles. The predicted molar refractivity (Wildman–Crippen MR) is 66.6 cm³/mol. The fourth-order valence-electron chi connectivity index (χ4n) is 1.15. The number of nitrogens with zero attached hydrogens (tertiary/aromatic N) is 1. The zero-order valence-corrected chi connectivity index (χ0v) is 11.2. The zero-order chi connectivity index (χ0) is 12.7. The largest absolute Gasteiger partial charge is 0.481 e. The Morgan fingerprint density at radius 3 is 2.25 bits per heavy atom. The molecule has 1 amide bonds. The Hall–Kier alpha value is -0.710. The number of aliphatic carboxylic acids is 1. The minimum atomic E-state index is -0.859. The molecule has 0 aliphatic carbocycles. The van der Waals surface area contributed by atoms with E-state index in [1.807, 2.05) is 20.8 Å². The van der Waals surface area contributed by atoms with E-state index in [1.165, 1.54) is 0 Å². The molecule has 0 fully saturated rings. The molecule has 0 aromatic rings. The van der Waals surface area contributed by atoms with Crippen LogP contribution >= 0.6 is 11.8 Å². The highest BCUT2D eigenvalue weighted by Crippen LogP contribution is 2.11. The summed E-state index contributed by atoms with van der Waals surface area (Å²) in [5.74, 6) is -0.914. The van der Waals surface area contributed by atoms with Gasteiger partial charge < -0.3 is 10.0 Å². The van der Waals surface area contributed by atoms with Crippen LogP contribution in [0.15, 0.2) is 0 Å². The van der Waals surface area contributed by atoms with E-state index in [-0.39, 0.29) is 5.91 Å². The first-order valence-electron chi connectivity index (χ1n) is 5.50. The van der Waals surface area contributed by atoms with Gasteiger partial charge in [-0.25, -0.2) is 0 Å². The minimum absolute atomic E-state index is 0.0225. The molecule has 0 aromatic carbocycles. The number of amides is 1. The van der Waals surface area contributed by atoms with Crippen LogP contribution in [0, 0.1) is 5.92 Å². The van der Waals surface area contributed by atoms with Crippen molar-refractivity contribution >= 4 is 23.6 Å². The van der Waals surface area contributed by atoms with Crippen LogP contribution in [-0.4, -0.2) is 46.0 Å². The second kappa shape index (κ2) is 7.54. The van der Waals surface area contributed by atoms with Gasteiger partial charge in [0.05, 0.1) is 11.7 Å². The number of carboxylic acid groups (broad SMARTS) is 1. The molecule has 94 valence electrons. The molecule has 16 heavy (non-hydrogen) atoms. The van der Waals surface area contributed by atoms with E-state index in [0.29, 0.717) is 24.1 Å². The van der Waals surface area contributed by atoms with Crippen LogP contribution in [-0.2, 0) is 9.59 Å². The zero-order valence-electron chi connectivity index (χ0n) is 10.4. The minimum Gasteiger partial charge on any atom is -0.481 e. The van der Waals surface area contributed by atoms with Crippen molar-refractivity contribution < 1.29 is 14.7 Å². The van der Waals surface area contributed by atoms with Crippen LogP contribution in [0.2, 0.25) is 0 Å². The first kappa shape index (κ1) is 15.3. The maximum Gasteiger partial charge on any atom is 0.308 e. The highest BCUT2D eigenvalue weighted by Gasteiger charge is 2.19. The van der Waals surface area contributed by atoms with Gasteiger partial charge in [0.25, 0.3) is 0 Å². The summed E-state index contributed by atoms with van der Waals surface area (Å²) in [6.45, 7) is 8.42. The average Bonchev–Trinajstić information content (AvgIpc) is 2.21. The van der Waals surface area contributed by atoms with Gasteiger partial charge in [-0.15, -0.1) is 11.8 Å². The molecular weight excluding hydrogens is 226 g/mol. The first-order valence-corrected chi connectivity index (χ1v) is 6.55. The Balaban J connectivity index is 4.16. The lowest BCUT2D eigenvalue weighted by Gasteiger charge is -2.23. The van der Waals surface area contributed by atoms with Crippen LogP contribution < -0.4 is 0 Å². The highest BCUT2D eigenvalue weighted by molar-refractivity contribution is 8.00. The number of carboxylic acids is 1. The van der Waals surface area contributed by atoms with Gasteiger partial charge in [0.15, 0.2) is 0 Å². The lowest BCUT2D eigenvalue weighted by molar-refractivity contribution is -0.142. The molecule has 0 spiro atoms. The topological polar surface area (TPSA) is 57.6 Å². The number of hydrogen-bond acceptors (Lipinski definition) is 3. The van der Waals surface area contributed by atoms with Gasteiger partial charge in [-0.2, -0.15) is 0 Å². The molecular formula is C11H21NO3S. The second-order valence-corrected chi connectivity index (χ2v) is 5.60. The van der Waals surface area contributed by atoms with E-state index in [2.05, 4.69) is 0 Å². The smallest absolute Gasteiger partial charge is 0.308 e. The number of carbonyl (C=O) groups is 2. The van der Waals surface area contributed by atoms with Crippen LogP contribution in [0.3, 0.4) is 0 Å². The fraction of sp³-hybridized carbons (Fsp3) is 0.818. The van der Waals surface area contributed by atoms with E-state index in [9.17, 15) is 9.59 Å². The number of hydrogen-bond donors (Lipinski definition) is 1. The Morgan fingerprint density at radius 2 is 1.88 bits per heavy atom. The summed E-state index contributed by atoms with van der Waals surface area (Å²) in [5.41, 5.74) is 0. The SMILES string of the molecule is CCN(CC(C)C(=O)O)C(=O)CSC(C)C. The first-order chi connectivity index (χ1) is 7.38. The summed E-state index contributed by atoms with van der Waals surface area (Å²) in [4.78, 5) is 24.1. The van der Waals surface area contributed by atoms with Gasteiger partial charge >= 0.3 is 5.97 Å². The van der Waals surface area contributed by atoms with Crippen LogP contribution in [0.5, 0.6) is 0 Å². The molecule has 0 bridgehead atoms. The summed E-state index contributed by atoms with van der Waals surface area (Å²) >= 11 is 1.58. The maximum absolute atomic E-state index is 11.7. The van der Waals surface area contributed by atoms with E-state index >= 15 is 0 Å². The van der Waals surface area contributed by atoms with Crippen molar-refractivity contribution in [1.82, 2.24) is 4.90 Å². The molecule has 1 N–H and O–H groups in total. The molecule has 0 radical (unpaired) electrons. The lowest BCUT2D eigenvalue weighted by Crippen LogP contribution is -2.38. The third-order valence-electron chi connectivity index (χ3n) is 2.19. The summed E-state index contributed by atoms with van der Waals surface area (Å²) in [6.07, 6.45) is 0. The molecule has 1 unspecified atom stereocenters. The van der Waals surface area contributed by atoms with Crippen molar-refractivity contribution in [3.8, 4) is 0 Å². The Bertz CT molecular complexity index is 243. The molecule has 0 aliphatic rings. The second-order valence-electron chi connectivity index (χ2n) is 4.03. The molecule has 0 rings (SSSR count). The summed E-state index contributed by atoms with van der Waals surface area (Å²) in [6, 6.07) is 0. The van der Waals surface area contributed by atoms with E-state index in [4.69, 9.17) is 5.11 Å². The van der Waals surface area contributed by atoms with Gasteiger partial charge in [0.1, 0.15) is 0 Å². The Labute approximate surface area is 101 Å². The van der Waals surface area contributed by atoms with Gasteiger partial charge in [-0.05, 0) is 12.2 Å². The maximum atomic E-state index is 11.7.